The van der Waals surface area contributed by atoms with E-state index in [0.717, 1.165) is 11.6 Å². The SMILES string of the molecule is COc1ccc(C(=O)N2CCN(c3ncnc4c3nnn4C)CC2)cc1. The zero-order valence-electron chi connectivity index (χ0n) is 14.7. The summed E-state index contributed by atoms with van der Waals surface area (Å²) in [6.07, 6.45) is 1.52. The highest BCUT2D eigenvalue weighted by Gasteiger charge is 2.25. The Morgan fingerprint density at radius 3 is 2.50 bits per heavy atom. The van der Waals surface area contributed by atoms with Crippen molar-refractivity contribution in [2.75, 3.05) is 38.2 Å². The van der Waals surface area contributed by atoms with Gasteiger partial charge in [0.25, 0.3) is 5.91 Å². The van der Waals surface area contributed by atoms with Crippen molar-refractivity contribution < 1.29 is 9.53 Å². The van der Waals surface area contributed by atoms with E-state index < -0.39 is 0 Å². The van der Waals surface area contributed by atoms with Gasteiger partial charge in [-0.05, 0) is 24.3 Å². The summed E-state index contributed by atoms with van der Waals surface area (Å²) >= 11 is 0. The zero-order valence-corrected chi connectivity index (χ0v) is 14.7. The number of piperazine rings is 1. The fourth-order valence-corrected chi connectivity index (χ4v) is 3.11. The summed E-state index contributed by atoms with van der Waals surface area (Å²) in [6, 6.07) is 7.19. The van der Waals surface area contributed by atoms with Crippen LogP contribution in [0.5, 0.6) is 5.75 Å². The summed E-state index contributed by atoms with van der Waals surface area (Å²) in [5, 5.41) is 8.18. The Balaban J connectivity index is 1.47. The number of hydrogen-bond acceptors (Lipinski definition) is 7. The monoisotopic (exact) mass is 353 g/mol. The molecule has 2 aromatic heterocycles. The molecule has 1 fully saturated rings. The minimum atomic E-state index is 0.0274. The Kier molecular flexibility index (Phi) is 4.11. The summed E-state index contributed by atoms with van der Waals surface area (Å²) in [5.41, 5.74) is 2.05. The van der Waals surface area contributed by atoms with E-state index >= 15 is 0 Å². The molecule has 0 radical (unpaired) electrons. The van der Waals surface area contributed by atoms with Gasteiger partial charge in [-0.25, -0.2) is 14.6 Å². The number of fused-ring (bicyclic) bond motifs is 1. The first-order valence-corrected chi connectivity index (χ1v) is 8.36. The number of carbonyl (C=O) groups is 1. The topological polar surface area (TPSA) is 89.3 Å². The number of amides is 1. The Morgan fingerprint density at radius 1 is 1.08 bits per heavy atom. The number of aryl methyl sites for hydroxylation is 1. The van der Waals surface area contributed by atoms with Crippen LogP contribution < -0.4 is 9.64 Å². The average molecular weight is 353 g/mol. The molecule has 1 aliphatic heterocycles. The van der Waals surface area contributed by atoms with Gasteiger partial charge in [0, 0.05) is 38.8 Å². The Hall–Kier alpha value is -3.23. The predicted octanol–water partition coefficient (Wildman–Crippen LogP) is 0.729. The van der Waals surface area contributed by atoms with Crippen LogP contribution in [0.15, 0.2) is 30.6 Å². The lowest BCUT2D eigenvalue weighted by molar-refractivity contribution is 0.0746. The van der Waals surface area contributed by atoms with E-state index in [-0.39, 0.29) is 5.91 Å². The number of nitrogens with zero attached hydrogens (tertiary/aromatic N) is 7. The highest BCUT2D eigenvalue weighted by molar-refractivity contribution is 5.94. The van der Waals surface area contributed by atoms with Crippen molar-refractivity contribution in [1.29, 1.82) is 0 Å². The maximum atomic E-state index is 12.7. The van der Waals surface area contributed by atoms with Crippen LogP contribution >= 0.6 is 0 Å². The molecule has 0 N–H and O–H groups in total. The molecule has 1 aliphatic rings. The van der Waals surface area contributed by atoms with E-state index in [9.17, 15) is 4.79 Å². The van der Waals surface area contributed by atoms with Gasteiger partial charge < -0.3 is 14.5 Å². The van der Waals surface area contributed by atoms with Crippen LogP contribution in [0.25, 0.3) is 11.2 Å². The predicted molar refractivity (Wildman–Crippen MR) is 95.2 cm³/mol. The molecule has 1 saturated heterocycles. The first kappa shape index (κ1) is 16.2. The molecular weight excluding hydrogens is 334 g/mol. The average Bonchev–Trinajstić information content (AvgIpc) is 3.09. The van der Waals surface area contributed by atoms with Crippen LogP contribution in [0.4, 0.5) is 5.82 Å². The van der Waals surface area contributed by atoms with Crippen molar-refractivity contribution in [3.05, 3.63) is 36.2 Å². The lowest BCUT2D eigenvalue weighted by atomic mass is 10.1. The molecule has 3 heterocycles. The van der Waals surface area contributed by atoms with Crippen LogP contribution in [0.1, 0.15) is 10.4 Å². The molecule has 0 spiro atoms. The van der Waals surface area contributed by atoms with Crippen molar-refractivity contribution in [3.8, 4) is 5.75 Å². The molecule has 9 nitrogen and oxygen atoms in total. The lowest BCUT2D eigenvalue weighted by Crippen LogP contribution is -2.49. The fraction of sp³-hybridized carbons (Fsp3) is 0.353. The molecule has 0 aliphatic carbocycles. The molecule has 9 heteroatoms. The van der Waals surface area contributed by atoms with E-state index in [0.29, 0.717) is 42.9 Å². The fourth-order valence-electron chi connectivity index (χ4n) is 3.11. The second kappa shape index (κ2) is 6.58. The molecule has 1 aromatic carbocycles. The molecule has 0 bridgehead atoms. The number of aromatic nitrogens is 5. The molecule has 3 aromatic rings. The van der Waals surface area contributed by atoms with Crippen LogP contribution in [-0.2, 0) is 7.05 Å². The van der Waals surface area contributed by atoms with E-state index in [1.54, 1.807) is 43.1 Å². The summed E-state index contributed by atoms with van der Waals surface area (Å²) in [7, 11) is 3.41. The Labute approximate surface area is 150 Å². The summed E-state index contributed by atoms with van der Waals surface area (Å²) in [4.78, 5) is 25.2. The maximum Gasteiger partial charge on any atom is 0.253 e. The van der Waals surface area contributed by atoms with Crippen LogP contribution in [0.2, 0.25) is 0 Å². The maximum absolute atomic E-state index is 12.7. The number of methoxy groups -OCH3 is 1. The molecule has 134 valence electrons. The van der Waals surface area contributed by atoms with Crippen molar-refractivity contribution in [3.63, 3.8) is 0 Å². The van der Waals surface area contributed by atoms with Gasteiger partial charge in [0.05, 0.1) is 7.11 Å². The van der Waals surface area contributed by atoms with E-state index in [2.05, 4.69) is 25.2 Å². The number of hydrogen-bond donors (Lipinski definition) is 0. The van der Waals surface area contributed by atoms with Crippen molar-refractivity contribution in [2.45, 2.75) is 0 Å². The van der Waals surface area contributed by atoms with Crippen molar-refractivity contribution in [2.24, 2.45) is 7.05 Å². The number of rotatable bonds is 3. The van der Waals surface area contributed by atoms with Crippen molar-refractivity contribution >= 4 is 22.9 Å². The Morgan fingerprint density at radius 2 is 1.81 bits per heavy atom. The third kappa shape index (κ3) is 2.81. The molecule has 0 atom stereocenters. The molecule has 1 amide bonds. The first-order valence-electron chi connectivity index (χ1n) is 8.36. The summed E-state index contributed by atoms with van der Waals surface area (Å²) < 4.78 is 6.77. The van der Waals surface area contributed by atoms with E-state index in [1.165, 1.54) is 6.33 Å². The van der Waals surface area contributed by atoms with Crippen LogP contribution in [0, 0.1) is 0 Å². The second-order valence-corrected chi connectivity index (χ2v) is 6.09. The minimum Gasteiger partial charge on any atom is -0.497 e. The third-order valence-corrected chi connectivity index (χ3v) is 4.57. The molecule has 26 heavy (non-hydrogen) atoms. The number of benzene rings is 1. The van der Waals surface area contributed by atoms with Crippen LogP contribution in [-0.4, -0.2) is 69.1 Å². The highest BCUT2D eigenvalue weighted by Crippen LogP contribution is 2.22. The zero-order chi connectivity index (χ0) is 18.1. The largest absolute Gasteiger partial charge is 0.497 e. The van der Waals surface area contributed by atoms with Gasteiger partial charge in [0.2, 0.25) is 0 Å². The second-order valence-electron chi connectivity index (χ2n) is 6.09. The third-order valence-electron chi connectivity index (χ3n) is 4.57. The van der Waals surface area contributed by atoms with Crippen molar-refractivity contribution in [1.82, 2.24) is 29.9 Å². The number of anilines is 1. The quantitative estimate of drug-likeness (QED) is 0.686. The van der Waals surface area contributed by atoms with Gasteiger partial charge in [-0.1, -0.05) is 5.21 Å². The first-order chi connectivity index (χ1) is 12.7. The summed E-state index contributed by atoms with van der Waals surface area (Å²) in [5.74, 6) is 1.53. The van der Waals surface area contributed by atoms with Crippen LogP contribution in [0.3, 0.4) is 0 Å². The van der Waals surface area contributed by atoms with Gasteiger partial charge in [-0.15, -0.1) is 5.10 Å². The molecule has 4 rings (SSSR count). The van der Waals surface area contributed by atoms with Gasteiger partial charge in [-0.3, -0.25) is 4.79 Å². The minimum absolute atomic E-state index is 0.0274. The smallest absolute Gasteiger partial charge is 0.253 e. The molecule has 0 unspecified atom stereocenters. The highest BCUT2D eigenvalue weighted by atomic mass is 16.5. The van der Waals surface area contributed by atoms with Gasteiger partial charge in [0.15, 0.2) is 17.0 Å². The van der Waals surface area contributed by atoms with Gasteiger partial charge >= 0.3 is 0 Å². The normalized spacial score (nSPS) is 14.7. The number of carbonyl (C=O) groups excluding carboxylic acids is 1. The lowest BCUT2D eigenvalue weighted by Gasteiger charge is -2.35. The molecule has 0 saturated carbocycles. The standard InChI is InChI=1S/C17H19N7O2/c1-22-15-14(20-21-22)16(19-11-18-15)23-7-9-24(10-8-23)17(25)12-3-5-13(26-2)6-4-12/h3-6,11H,7-10H2,1-2H3. The van der Waals surface area contributed by atoms with E-state index in [4.69, 9.17) is 4.74 Å². The summed E-state index contributed by atoms with van der Waals surface area (Å²) in [6.45, 7) is 2.61. The van der Waals surface area contributed by atoms with Gasteiger partial charge in [-0.2, -0.15) is 0 Å². The molecular formula is C17H19N7O2. The number of ether oxygens (including phenoxy) is 1. The van der Waals surface area contributed by atoms with E-state index in [1.807, 2.05) is 4.90 Å². The Bertz CT molecular complexity index is 930. The van der Waals surface area contributed by atoms with Gasteiger partial charge in [0.1, 0.15) is 12.1 Å².